The van der Waals surface area contributed by atoms with Crippen molar-refractivity contribution in [3.63, 3.8) is 0 Å². The number of hydrogen-bond donors (Lipinski definition) is 2. The number of carbonyl (C=O) groups excluding carboxylic acids is 1. The largest absolute Gasteiger partial charge is 0.496 e. The quantitative estimate of drug-likeness (QED) is 0.583. The number of rotatable bonds is 7. The summed E-state index contributed by atoms with van der Waals surface area (Å²) in [4.78, 5) is 14.8. The third-order valence-electron chi connectivity index (χ3n) is 4.73. The van der Waals surface area contributed by atoms with Gasteiger partial charge in [-0.05, 0) is 38.9 Å². The minimum absolute atomic E-state index is 0.186. The van der Waals surface area contributed by atoms with Crippen molar-refractivity contribution in [2.75, 3.05) is 33.0 Å². The highest BCUT2D eigenvalue weighted by molar-refractivity contribution is 6.33. The van der Waals surface area contributed by atoms with Gasteiger partial charge in [-0.2, -0.15) is 0 Å². The molecule has 0 aliphatic heterocycles. The van der Waals surface area contributed by atoms with Gasteiger partial charge in [-0.1, -0.05) is 30.9 Å². The number of methoxy groups -OCH3 is 1. The highest BCUT2D eigenvalue weighted by Crippen LogP contribution is 2.28. The maximum Gasteiger partial charge on any atom is 0.255 e. The second kappa shape index (κ2) is 9.14. The SMILES string of the molecule is COc1cc(N)c(Cl)cc1C(=O)NCCCN(C)C1CCCCC1. The second-order valence-electron chi connectivity index (χ2n) is 6.46. The van der Waals surface area contributed by atoms with E-state index in [1.165, 1.54) is 39.2 Å². The Morgan fingerprint density at radius 1 is 1.38 bits per heavy atom. The van der Waals surface area contributed by atoms with E-state index < -0.39 is 0 Å². The van der Waals surface area contributed by atoms with Gasteiger partial charge < -0.3 is 20.7 Å². The number of nitrogens with zero attached hydrogens (tertiary/aromatic N) is 1. The Morgan fingerprint density at radius 3 is 2.75 bits per heavy atom. The molecular formula is C18H28ClN3O2. The topological polar surface area (TPSA) is 67.6 Å². The van der Waals surface area contributed by atoms with E-state index in [2.05, 4.69) is 17.3 Å². The van der Waals surface area contributed by atoms with Gasteiger partial charge in [0, 0.05) is 18.7 Å². The van der Waals surface area contributed by atoms with Crippen LogP contribution in [0.25, 0.3) is 0 Å². The average Bonchev–Trinajstić information content (AvgIpc) is 2.61. The van der Waals surface area contributed by atoms with E-state index >= 15 is 0 Å². The summed E-state index contributed by atoms with van der Waals surface area (Å²) in [6, 6.07) is 3.83. The number of halogens is 1. The van der Waals surface area contributed by atoms with Crippen LogP contribution in [0.4, 0.5) is 5.69 Å². The van der Waals surface area contributed by atoms with E-state index in [1.54, 1.807) is 12.1 Å². The molecule has 1 aromatic carbocycles. The van der Waals surface area contributed by atoms with Crippen molar-refractivity contribution in [2.45, 2.75) is 44.6 Å². The number of amides is 1. The van der Waals surface area contributed by atoms with Gasteiger partial charge in [0.05, 0.1) is 23.4 Å². The van der Waals surface area contributed by atoms with Crippen LogP contribution >= 0.6 is 11.6 Å². The van der Waals surface area contributed by atoms with Crippen LogP contribution in [0.15, 0.2) is 12.1 Å². The first-order valence-corrected chi connectivity index (χ1v) is 9.02. The van der Waals surface area contributed by atoms with Crippen molar-refractivity contribution in [2.24, 2.45) is 0 Å². The summed E-state index contributed by atoms with van der Waals surface area (Å²) in [6.07, 6.45) is 7.55. The van der Waals surface area contributed by atoms with Crippen molar-refractivity contribution in [1.29, 1.82) is 0 Å². The molecule has 1 fully saturated rings. The molecule has 134 valence electrons. The number of carbonyl (C=O) groups is 1. The van der Waals surface area contributed by atoms with E-state index in [1.807, 2.05) is 0 Å². The van der Waals surface area contributed by atoms with Crippen LogP contribution in [0.1, 0.15) is 48.9 Å². The van der Waals surface area contributed by atoms with Crippen LogP contribution in [-0.2, 0) is 0 Å². The fourth-order valence-corrected chi connectivity index (χ4v) is 3.41. The van der Waals surface area contributed by atoms with Crippen LogP contribution in [0, 0.1) is 0 Å². The molecule has 5 nitrogen and oxygen atoms in total. The molecule has 1 aliphatic carbocycles. The lowest BCUT2D eigenvalue weighted by Gasteiger charge is -2.31. The molecule has 0 bridgehead atoms. The third-order valence-corrected chi connectivity index (χ3v) is 5.06. The molecule has 0 unspecified atom stereocenters. The summed E-state index contributed by atoms with van der Waals surface area (Å²) in [6.45, 7) is 1.62. The molecule has 2 rings (SSSR count). The zero-order valence-corrected chi connectivity index (χ0v) is 15.4. The molecule has 6 heteroatoms. The van der Waals surface area contributed by atoms with Crippen molar-refractivity contribution >= 4 is 23.2 Å². The lowest BCUT2D eigenvalue weighted by atomic mass is 9.94. The van der Waals surface area contributed by atoms with Crippen molar-refractivity contribution in [1.82, 2.24) is 10.2 Å². The number of hydrogen-bond acceptors (Lipinski definition) is 4. The van der Waals surface area contributed by atoms with Crippen molar-refractivity contribution < 1.29 is 9.53 Å². The molecule has 1 aromatic rings. The highest BCUT2D eigenvalue weighted by atomic mass is 35.5. The summed E-state index contributed by atoms with van der Waals surface area (Å²) in [5.74, 6) is 0.253. The summed E-state index contributed by atoms with van der Waals surface area (Å²) in [5, 5.41) is 3.29. The summed E-state index contributed by atoms with van der Waals surface area (Å²) < 4.78 is 5.22. The first-order valence-electron chi connectivity index (χ1n) is 8.64. The van der Waals surface area contributed by atoms with Gasteiger partial charge in [0.2, 0.25) is 0 Å². The predicted octanol–water partition coefficient (Wildman–Crippen LogP) is 3.32. The molecule has 24 heavy (non-hydrogen) atoms. The van der Waals surface area contributed by atoms with Crippen LogP contribution < -0.4 is 15.8 Å². The van der Waals surface area contributed by atoms with Crippen molar-refractivity contribution in [3.8, 4) is 5.75 Å². The zero-order chi connectivity index (χ0) is 17.5. The minimum Gasteiger partial charge on any atom is -0.496 e. The van der Waals surface area contributed by atoms with Crippen LogP contribution in [0.3, 0.4) is 0 Å². The van der Waals surface area contributed by atoms with Crippen molar-refractivity contribution in [3.05, 3.63) is 22.7 Å². The van der Waals surface area contributed by atoms with Crippen LogP contribution in [0.2, 0.25) is 5.02 Å². The smallest absolute Gasteiger partial charge is 0.255 e. The summed E-state index contributed by atoms with van der Waals surface area (Å²) >= 11 is 6.01. The van der Waals surface area contributed by atoms with Crippen LogP contribution in [0.5, 0.6) is 5.75 Å². The molecule has 0 spiro atoms. The van der Waals surface area contributed by atoms with Gasteiger partial charge in [0.1, 0.15) is 5.75 Å². The Bertz CT molecular complexity index is 559. The number of anilines is 1. The van der Waals surface area contributed by atoms with E-state index in [0.29, 0.717) is 34.6 Å². The number of ether oxygens (including phenoxy) is 1. The molecule has 0 heterocycles. The molecule has 1 amide bonds. The Morgan fingerprint density at radius 2 is 2.08 bits per heavy atom. The lowest BCUT2D eigenvalue weighted by molar-refractivity contribution is 0.0947. The Labute approximate surface area is 149 Å². The number of benzene rings is 1. The van der Waals surface area contributed by atoms with Gasteiger partial charge in [0.25, 0.3) is 5.91 Å². The van der Waals surface area contributed by atoms with Gasteiger partial charge >= 0.3 is 0 Å². The van der Waals surface area contributed by atoms with Crippen LogP contribution in [-0.4, -0.2) is 44.1 Å². The molecule has 1 aliphatic rings. The summed E-state index contributed by atoms with van der Waals surface area (Å²) in [7, 11) is 3.69. The fourth-order valence-electron chi connectivity index (χ4n) is 3.25. The maximum absolute atomic E-state index is 12.3. The molecule has 3 N–H and O–H groups in total. The second-order valence-corrected chi connectivity index (χ2v) is 6.86. The minimum atomic E-state index is -0.186. The van der Waals surface area contributed by atoms with Gasteiger partial charge in [-0.15, -0.1) is 0 Å². The normalized spacial score (nSPS) is 15.5. The van der Waals surface area contributed by atoms with E-state index in [9.17, 15) is 4.79 Å². The summed E-state index contributed by atoms with van der Waals surface area (Å²) in [5.41, 5.74) is 6.56. The van der Waals surface area contributed by atoms with Gasteiger partial charge in [-0.25, -0.2) is 0 Å². The average molecular weight is 354 g/mol. The lowest BCUT2D eigenvalue weighted by Crippen LogP contribution is -2.35. The van der Waals surface area contributed by atoms with Gasteiger partial charge in [0.15, 0.2) is 0 Å². The zero-order valence-electron chi connectivity index (χ0n) is 14.6. The third kappa shape index (κ3) is 5.02. The first kappa shape index (κ1) is 18.9. The molecular weight excluding hydrogens is 326 g/mol. The molecule has 0 atom stereocenters. The Balaban J connectivity index is 1.80. The van der Waals surface area contributed by atoms with Gasteiger partial charge in [-0.3, -0.25) is 4.79 Å². The number of nitrogens with two attached hydrogens (primary N) is 1. The van der Waals surface area contributed by atoms with E-state index in [-0.39, 0.29) is 5.91 Å². The number of nitrogen functional groups attached to an aromatic ring is 1. The molecule has 1 saturated carbocycles. The standard InChI is InChI=1S/C18H28ClN3O2/c1-22(13-7-4-3-5-8-13)10-6-9-21-18(23)14-11-15(19)16(20)12-17(14)24-2/h11-13H,3-10,20H2,1-2H3,(H,21,23). The Hall–Kier alpha value is -1.46. The number of nitrogens with one attached hydrogen (secondary N) is 1. The molecule has 0 radical (unpaired) electrons. The predicted molar refractivity (Wildman–Crippen MR) is 98.9 cm³/mol. The maximum atomic E-state index is 12.3. The van der Waals surface area contributed by atoms with E-state index in [0.717, 1.165) is 13.0 Å². The molecule has 0 aromatic heterocycles. The Kier molecular flexibility index (Phi) is 7.18. The fraction of sp³-hybridized carbons (Fsp3) is 0.611. The van der Waals surface area contributed by atoms with E-state index in [4.69, 9.17) is 22.1 Å². The monoisotopic (exact) mass is 353 g/mol. The molecule has 0 saturated heterocycles. The first-order chi connectivity index (χ1) is 11.5. The highest BCUT2D eigenvalue weighted by Gasteiger charge is 2.18.